The van der Waals surface area contributed by atoms with Crippen molar-refractivity contribution in [2.75, 3.05) is 5.32 Å². The van der Waals surface area contributed by atoms with Crippen molar-refractivity contribution in [3.63, 3.8) is 0 Å². The monoisotopic (exact) mass is 326 g/mol. The highest BCUT2D eigenvalue weighted by molar-refractivity contribution is 8.13. The second-order valence-electron chi connectivity index (χ2n) is 4.76. The zero-order valence-electron chi connectivity index (χ0n) is 12.8. The topological polar surface area (TPSA) is 79.8 Å². The number of benzene rings is 2. The molecule has 0 unspecified atom stereocenters. The highest BCUT2D eigenvalue weighted by Crippen LogP contribution is 2.11. The average molecular weight is 326 g/mol. The Labute approximate surface area is 139 Å². The molecule has 0 spiro atoms. The van der Waals surface area contributed by atoms with Crippen molar-refractivity contribution in [3.8, 4) is 0 Å². The summed E-state index contributed by atoms with van der Waals surface area (Å²) >= 11 is 1.44. The van der Waals surface area contributed by atoms with Crippen LogP contribution in [0.4, 0.5) is 5.69 Å². The van der Waals surface area contributed by atoms with Gasteiger partial charge < -0.3 is 11.1 Å². The fourth-order valence-electron chi connectivity index (χ4n) is 1.77. The molecule has 0 aliphatic carbocycles. The molecule has 0 aliphatic rings. The van der Waals surface area contributed by atoms with Gasteiger partial charge in [-0.1, -0.05) is 54.2 Å². The molecule has 0 saturated carbocycles. The van der Waals surface area contributed by atoms with Crippen molar-refractivity contribution < 1.29 is 4.79 Å². The number of hydrogen-bond donors (Lipinski definition) is 2. The normalized spacial score (nSPS) is 11.6. The molecule has 5 nitrogen and oxygen atoms in total. The Morgan fingerprint density at radius 2 is 1.87 bits per heavy atom. The van der Waals surface area contributed by atoms with E-state index in [1.165, 1.54) is 24.2 Å². The standard InChI is InChI=1S/C17H18N4OS/c1-13(22)20-16-9-7-14(8-10-16)11-19-21-17(18)23-12-15-5-3-2-4-6-15/h2-11H,12H2,1H3,(H2,18,21)(H,20,22). The van der Waals surface area contributed by atoms with Gasteiger partial charge in [0.25, 0.3) is 0 Å². The van der Waals surface area contributed by atoms with Crippen LogP contribution in [0.1, 0.15) is 18.1 Å². The first-order chi connectivity index (χ1) is 11.1. The fourth-order valence-corrected chi connectivity index (χ4v) is 2.38. The number of nitrogens with one attached hydrogen (secondary N) is 1. The summed E-state index contributed by atoms with van der Waals surface area (Å²) in [5.74, 6) is 0.663. The van der Waals surface area contributed by atoms with Crippen LogP contribution in [0.5, 0.6) is 0 Å². The van der Waals surface area contributed by atoms with E-state index in [2.05, 4.69) is 15.5 Å². The van der Waals surface area contributed by atoms with Crippen LogP contribution in [0.3, 0.4) is 0 Å². The lowest BCUT2D eigenvalue weighted by Crippen LogP contribution is -2.06. The molecular formula is C17H18N4OS. The Bertz CT molecular complexity index is 696. The number of thioether (sulfide) groups is 1. The highest BCUT2D eigenvalue weighted by Gasteiger charge is 1.96. The molecule has 0 fully saturated rings. The van der Waals surface area contributed by atoms with Gasteiger partial charge in [0, 0.05) is 18.4 Å². The Morgan fingerprint density at radius 1 is 1.17 bits per heavy atom. The van der Waals surface area contributed by atoms with Gasteiger partial charge in [0.05, 0.1) is 6.21 Å². The molecule has 1 amide bonds. The highest BCUT2D eigenvalue weighted by atomic mass is 32.2. The fraction of sp³-hybridized carbons (Fsp3) is 0.118. The van der Waals surface area contributed by atoms with E-state index in [9.17, 15) is 4.79 Å². The van der Waals surface area contributed by atoms with Gasteiger partial charge in [-0.2, -0.15) is 5.10 Å². The minimum absolute atomic E-state index is 0.0979. The molecule has 0 aromatic heterocycles. The number of amidine groups is 1. The molecule has 0 aliphatic heterocycles. The van der Waals surface area contributed by atoms with Crippen LogP contribution in [-0.4, -0.2) is 17.3 Å². The van der Waals surface area contributed by atoms with Crippen LogP contribution >= 0.6 is 11.8 Å². The van der Waals surface area contributed by atoms with E-state index < -0.39 is 0 Å². The van der Waals surface area contributed by atoms with E-state index >= 15 is 0 Å². The maximum atomic E-state index is 10.9. The van der Waals surface area contributed by atoms with E-state index in [1.54, 1.807) is 18.3 Å². The minimum Gasteiger partial charge on any atom is -0.377 e. The summed E-state index contributed by atoms with van der Waals surface area (Å²) in [5.41, 5.74) is 8.63. The smallest absolute Gasteiger partial charge is 0.221 e. The lowest BCUT2D eigenvalue weighted by atomic mass is 10.2. The first-order valence-electron chi connectivity index (χ1n) is 7.04. The van der Waals surface area contributed by atoms with Gasteiger partial charge in [0.1, 0.15) is 0 Å². The van der Waals surface area contributed by atoms with Crippen LogP contribution in [0, 0.1) is 0 Å². The molecule has 0 heterocycles. The third kappa shape index (κ3) is 6.36. The molecule has 3 N–H and O–H groups in total. The van der Waals surface area contributed by atoms with Crippen LogP contribution < -0.4 is 11.1 Å². The average Bonchev–Trinajstić information content (AvgIpc) is 2.55. The molecular weight excluding hydrogens is 308 g/mol. The second kappa shape index (κ2) is 8.75. The molecule has 0 atom stereocenters. The Balaban J connectivity index is 1.85. The van der Waals surface area contributed by atoms with Crippen molar-refractivity contribution >= 4 is 34.7 Å². The summed E-state index contributed by atoms with van der Waals surface area (Å²) in [5, 5.41) is 11.1. The van der Waals surface area contributed by atoms with E-state index in [-0.39, 0.29) is 5.91 Å². The molecule has 6 heteroatoms. The third-order valence-corrected chi connectivity index (χ3v) is 3.68. The van der Waals surface area contributed by atoms with Crippen LogP contribution in [0.15, 0.2) is 64.8 Å². The maximum absolute atomic E-state index is 10.9. The number of nitrogens with two attached hydrogens (primary N) is 1. The van der Waals surface area contributed by atoms with Crippen molar-refractivity contribution in [1.29, 1.82) is 0 Å². The van der Waals surface area contributed by atoms with Crippen molar-refractivity contribution in [2.45, 2.75) is 12.7 Å². The predicted molar refractivity (Wildman–Crippen MR) is 97.7 cm³/mol. The van der Waals surface area contributed by atoms with Gasteiger partial charge in [0.2, 0.25) is 5.91 Å². The maximum Gasteiger partial charge on any atom is 0.221 e. The zero-order chi connectivity index (χ0) is 16.5. The van der Waals surface area contributed by atoms with Crippen LogP contribution in [0.2, 0.25) is 0 Å². The first-order valence-corrected chi connectivity index (χ1v) is 8.03. The van der Waals surface area contributed by atoms with E-state index in [1.807, 2.05) is 42.5 Å². The largest absolute Gasteiger partial charge is 0.377 e. The Kier molecular flexibility index (Phi) is 6.38. The van der Waals surface area contributed by atoms with E-state index in [0.29, 0.717) is 5.17 Å². The minimum atomic E-state index is -0.0979. The molecule has 2 aromatic rings. The predicted octanol–water partition coefficient (Wildman–Crippen LogP) is 3.23. The molecule has 118 valence electrons. The number of hydrogen-bond acceptors (Lipinski definition) is 4. The summed E-state index contributed by atoms with van der Waals surface area (Å²) in [6.07, 6.45) is 1.62. The van der Waals surface area contributed by atoms with Gasteiger partial charge in [-0.15, -0.1) is 5.10 Å². The summed E-state index contributed by atoms with van der Waals surface area (Å²) in [4.78, 5) is 10.9. The van der Waals surface area contributed by atoms with E-state index in [4.69, 9.17) is 5.73 Å². The lowest BCUT2D eigenvalue weighted by molar-refractivity contribution is -0.114. The third-order valence-electron chi connectivity index (χ3n) is 2.82. The van der Waals surface area contributed by atoms with Gasteiger partial charge in [-0.05, 0) is 23.3 Å². The van der Waals surface area contributed by atoms with Gasteiger partial charge >= 0.3 is 0 Å². The quantitative estimate of drug-likeness (QED) is 0.503. The second-order valence-corrected chi connectivity index (χ2v) is 5.76. The Hall–Kier alpha value is -2.60. The number of anilines is 1. The molecule has 0 saturated heterocycles. The molecule has 2 aromatic carbocycles. The molecule has 0 bridgehead atoms. The summed E-state index contributed by atoms with van der Waals surface area (Å²) in [6, 6.07) is 17.3. The van der Waals surface area contributed by atoms with Crippen LogP contribution in [-0.2, 0) is 10.5 Å². The van der Waals surface area contributed by atoms with Crippen molar-refractivity contribution in [2.24, 2.45) is 15.9 Å². The van der Waals surface area contributed by atoms with Gasteiger partial charge in [0.15, 0.2) is 5.17 Å². The SMILES string of the molecule is CC(=O)Nc1ccc(C=NN=C(N)SCc2ccccc2)cc1. The zero-order valence-corrected chi connectivity index (χ0v) is 13.6. The van der Waals surface area contributed by atoms with Gasteiger partial charge in [-0.3, -0.25) is 4.79 Å². The molecule has 2 rings (SSSR count). The number of amides is 1. The number of rotatable bonds is 5. The lowest BCUT2D eigenvalue weighted by Gasteiger charge is -2.01. The summed E-state index contributed by atoms with van der Waals surface area (Å²) in [7, 11) is 0. The molecule has 0 radical (unpaired) electrons. The number of nitrogens with zero attached hydrogens (tertiary/aromatic N) is 2. The van der Waals surface area contributed by atoms with Crippen molar-refractivity contribution in [3.05, 3.63) is 65.7 Å². The molecule has 23 heavy (non-hydrogen) atoms. The summed E-state index contributed by atoms with van der Waals surface area (Å²) < 4.78 is 0. The number of carbonyl (C=O) groups is 1. The van der Waals surface area contributed by atoms with Gasteiger partial charge in [-0.25, -0.2) is 0 Å². The van der Waals surface area contributed by atoms with E-state index in [0.717, 1.165) is 17.0 Å². The first kappa shape index (κ1) is 16.8. The van der Waals surface area contributed by atoms with Crippen molar-refractivity contribution in [1.82, 2.24) is 0 Å². The Morgan fingerprint density at radius 3 is 2.52 bits per heavy atom. The van der Waals surface area contributed by atoms with Crippen LogP contribution in [0.25, 0.3) is 0 Å². The summed E-state index contributed by atoms with van der Waals surface area (Å²) in [6.45, 7) is 1.47. The number of carbonyl (C=O) groups excluding carboxylic acids is 1.